The van der Waals surface area contributed by atoms with Crippen molar-refractivity contribution in [2.75, 3.05) is 7.11 Å². The summed E-state index contributed by atoms with van der Waals surface area (Å²) >= 11 is 0. The van der Waals surface area contributed by atoms with E-state index in [9.17, 15) is 20.0 Å². The zero-order valence-corrected chi connectivity index (χ0v) is 10.4. The predicted molar refractivity (Wildman–Crippen MR) is 63.9 cm³/mol. The zero-order valence-electron chi connectivity index (χ0n) is 10.4. The van der Waals surface area contributed by atoms with Crippen LogP contribution in [0.4, 0.5) is 5.69 Å². The van der Waals surface area contributed by atoms with E-state index in [4.69, 9.17) is 0 Å². The Bertz CT molecular complexity index is 469. The van der Waals surface area contributed by atoms with Gasteiger partial charge in [-0.25, -0.2) is 0 Å². The molecule has 1 atom stereocenters. The van der Waals surface area contributed by atoms with Gasteiger partial charge < -0.3 is 9.84 Å². The maximum Gasteiger partial charge on any atom is 0.314 e. The van der Waals surface area contributed by atoms with E-state index in [1.807, 2.05) is 0 Å². The number of esters is 1. The van der Waals surface area contributed by atoms with Crippen molar-refractivity contribution in [1.29, 1.82) is 0 Å². The normalized spacial score (nSPS) is 12.9. The number of hydrogen-bond donors (Lipinski definition) is 1. The van der Waals surface area contributed by atoms with Gasteiger partial charge in [-0.1, -0.05) is 12.1 Å². The molecule has 1 N–H and O–H groups in total. The SMILES string of the molecule is COC(=O)C(C)(C)[C@@H](O)c1cccc([N+](=O)[O-])c1. The van der Waals surface area contributed by atoms with E-state index >= 15 is 0 Å². The minimum Gasteiger partial charge on any atom is -0.469 e. The third-order valence-electron chi connectivity index (χ3n) is 2.79. The van der Waals surface area contributed by atoms with Crippen LogP contribution in [0.2, 0.25) is 0 Å². The number of non-ortho nitro benzene ring substituents is 1. The molecule has 1 rings (SSSR count). The molecule has 0 aromatic heterocycles. The first-order valence-corrected chi connectivity index (χ1v) is 5.31. The van der Waals surface area contributed by atoms with Crippen LogP contribution < -0.4 is 0 Å². The Morgan fingerprint density at radius 3 is 2.61 bits per heavy atom. The molecule has 0 bridgehead atoms. The van der Waals surface area contributed by atoms with Crippen molar-refractivity contribution in [2.24, 2.45) is 5.41 Å². The van der Waals surface area contributed by atoms with Crippen molar-refractivity contribution in [3.8, 4) is 0 Å². The van der Waals surface area contributed by atoms with E-state index in [1.54, 1.807) is 0 Å². The molecule has 0 radical (unpaired) electrons. The van der Waals surface area contributed by atoms with Crippen LogP contribution in [0.5, 0.6) is 0 Å². The standard InChI is InChI=1S/C12H15NO5/c1-12(2,11(15)18-3)10(14)8-5-4-6-9(7-8)13(16)17/h4-7,10,14H,1-3H3/t10-/m0/s1. The van der Waals surface area contributed by atoms with Crippen molar-refractivity contribution in [2.45, 2.75) is 20.0 Å². The summed E-state index contributed by atoms with van der Waals surface area (Å²) in [4.78, 5) is 21.6. The van der Waals surface area contributed by atoms with E-state index < -0.39 is 22.4 Å². The van der Waals surface area contributed by atoms with Gasteiger partial charge in [0, 0.05) is 12.1 Å². The molecular weight excluding hydrogens is 238 g/mol. The molecule has 6 nitrogen and oxygen atoms in total. The van der Waals surface area contributed by atoms with Gasteiger partial charge in [-0.15, -0.1) is 0 Å². The average molecular weight is 253 g/mol. The molecule has 0 saturated carbocycles. The van der Waals surface area contributed by atoms with E-state index in [-0.39, 0.29) is 5.69 Å². The molecule has 1 aromatic carbocycles. The Kier molecular flexibility index (Phi) is 4.03. The van der Waals surface area contributed by atoms with Gasteiger partial charge in [-0.05, 0) is 19.4 Å². The monoisotopic (exact) mass is 253 g/mol. The maximum atomic E-state index is 11.6. The number of benzene rings is 1. The lowest BCUT2D eigenvalue weighted by Gasteiger charge is -2.27. The first-order chi connectivity index (χ1) is 8.30. The lowest BCUT2D eigenvalue weighted by atomic mass is 9.82. The number of methoxy groups -OCH3 is 1. The first kappa shape index (κ1) is 14.1. The van der Waals surface area contributed by atoms with Crippen LogP contribution in [0, 0.1) is 15.5 Å². The minimum absolute atomic E-state index is 0.132. The molecule has 18 heavy (non-hydrogen) atoms. The van der Waals surface area contributed by atoms with E-state index in [0.717, 1.165) is 0 Å². The molecule has 0 aliphatic heterocycles. The van der Waals surface area contributed by atoms with E-state index in [1.165, 1.54) is 45.2 Å². The summed E-state index contributed by atoms with van der Waals surface area (Å²) in [6, 6.07) is 5.56. The number of carbonyl (C=O) groups excluding carboxylic acids is 1. The quantitative estimate of drug-likeness (QED) is 0.502. The topological polar surface area (TPSA) is 89.7 Å². The molecule has 0 heterocycles. The van der Waals surface area contributed by atoms with Gasteiger partial charge in [0.15, 0.2) is 0 Å². The minimum atomic E-state index is -1.18. The summed E-state index contributed by atoms with van der Waals surface area (Å²) in [7, 11) is 1.23. The van der Waals surface area contributed by atoms with Crippen LogP contribution >= 0.6 is 0 Å². The average Bonchev–Trinajstić information content (AvgIpc) is 2.36. The van der Waals surface area contributed by atoms with Gasteiger partial charge in [0.25, 0.3) is 5.69 Å². The third-order valence-corrected chi connectivity index (χ3v) is 2.79. The highest BCUT2D eigenvalue weighted by Gasteiger charge is 2.38. The van der Waals surface area contributed by atoms with Gasteiger partial charge in [0.1, 0.15) is 0 Å². The van der Waals surface area contributed by atoms with Crippen LogP contribution in [-0.4, -0.2) is 23.1 Å². The number of carbonyl (C=O) groups is 1. The number of ether oxygens (including phenoxy) is 1. The van der Waals surface area contributed by atoms with Crippen molar-refractivity contribution in [3.63, 3.8) is 0 Å². The summed E-state index contributed by atoms with van der Waals surface area (Å²) in [5.74, 6) is -0.582. The highest BCUT2D eigenvalue weighted by atomic mass is 16.6. The lowest BCUT2D eigenvalue weighted by molar-refractivity contribution is -0.385. The molecule has 0 fully saturated rings. The molecule has 0 unspecified atom stereocenters. The van der Waals surface area contributed by atoms with Gasteiger partial charge in [0.2, 0.25) is 0 Å². The van der Waals surface area contributed by atoms with Crippen molar-refractivity contribution >= 4 is 11.7 Å². The van der Waals surface area contributed by atoms with Gasteiger partial charge in [-0.2, -0.15) is 0 Å². The second kappa shape index (κ2) is 5.14. The number of nitro groups is 1. The fourth-order valence-corrected chi connectivity index (χ4v) is 1.60. The second-order valence-electron chi connectivity index (χ2n) is 4.47. The van der Waals surface area contributed by atoms with Crippen LogP contribution in [0.25, 0.3) is 0 Å². The molecule has 0 saturated heterocycles. The smallest absolute Gasteiger partial charge is 0.314 e. The fourth-order valence-electron chi connectivity index (χ4n) is 1.60. The predicted octanol–water partition coefficient (Wildman–Crippen LogP) is 1.83. The number of hydrogen-bond acceptors (Lipinski definition) is 5. The lowest BCUT2D eigenvalue weighted by Crippen LogP contribution is -2.32. The van der Waals surface area contributed by atoms with Crippen LogP contribution in [-0.2, 0) is 9.53 Å². The first-order valence-electron chi connectivity index (χ1n) is 5.31. The summed E-state index contributed by atoms with van der Waals surface area (Å²) in [6.07, 6.45) is -1.18. The number of aliphatic hydroxyl groups excluding tert-OH is 1. The molecule has 0 amide bonds. The van der Waals surface area contributed by atoms with Crippen molar-refractivity contribution < 1.29 is 19.6 Å². The number of nitro benzene ring substituents is 1. The largest absolute Gasteiger partial charge is 0.469 e. The third kappa shape index (κ3) is 2.65. The molecule has 98 valence electrons. The Hall–Kier alpha value is -1.95. The molecule has 0 aliphatic carbocycles. The Morgan fingerprint density at radius 1 is 1.50 bits per heavy atom. The highest BCUT2D eigenvalue weighted by Crippen LogP contribution is 2.35. The Morgan fingerprint density at radius 2 is 2.11 bits per heavy atom. The molecule has 1 aromatic rings. The summed E-state index contributed by atoms with van der Waals surface area (Å²) in [5.41, 5.74) is -1.00. The van der Waals surface area contributed by atoms with Gasteiger partial charge in [-0.3, -0.25) is 14.9 Å². The highest BCUT2D eigenvalue weighted by molar-refractivity contribution is 5.76. The molecule has 0 aliphatic rings. The fraction of sp³-hybridized carbons (Fsp3) is 0.417. The van der Waals surface area contributed by atoms with Crippen molar-refractivity contribution in [1.82, 2.24) is 0 Å². The van der Waals surface area contributed by atoms with Gasteiger partial charge in [0.05, 0.1) is 23.6 Å². The van der Waals surface area contributed by atoms with Crippen LogP contribution in [0.1, 0.15) is 25.5 Å². The molecular formula is C12H15NO5. The van der Waals surface area contributed by atoms with E-state index in [0.29, 0.717) is 5.56 Å². The molecule has 6 heteroatoms. The van der Waals surface area contributed by atoms with Crippen LogP contribution in [0.3, 0.4) is 0 Å². The summed E-state index contributed by atoms with van der Waals surface area (Å²) in [6.45, 7) is 3.03. The number of nitrogens with zero attached hydrogens (tertiary/aromatic N) is 1. The Labute approximate surface area is 104 Å². The second-order valence-corrected chi connectivity index (χ2v) is 4.47. The van der Waals surface area contributed by atoms with Crippen LogP contribution in [0.15, 0.2) is 24.3 Å². The number of rotatable bonds is 4. The summed E-state index contributed by atoms with van der Waals surface area (Å²) in [5, 5.41) is 20.8. The van der Waals surface area contributed by atoms with E-state index in [2.05, 4.69) is 4.74 Å². The Balaban J connectivity index is 3.10. The van der Waals surface area contributed by atoms with Gasteiger partial charge >= 0.3 is 5.97 Å². The van der Waals surface area contributed by atoms with Crippen molar-refractivity contribution in [3.05, 3.63) is 39.9 Å². The number of aliphatic hydroxyl groups is 1. The molecule has 0 spiro atoms. The zero-order chi connectivity index (χ0) is 13.9. The summed E-state index contributed by atoms with van der Waals surface area (Å²) < 4.78 is 4.60. The maximum absolute atomic E-state index is 11.6.